The Morgan fingerprint density at radius 3 is 2.68 bits per heavy atom. The Morgan fingerprint density at radius 2 is 1.84 bits per heavy atom. The number of pyridine rings is 3. The first kappa shape index (κ1) is 28.9. The van der Waals surface area contributed by atoms with Gasteiger partial charge in [0.1, 0.15) is 17.2 Å². The summed E-state index contributed by atoms with van der Waals surface area (Å²) in [6.45, 7) is 3.59. The molecule has 1 aromatic carbocycles. The zero-order chi connectivity index (χ0) is 30.6. The number of amides is 1. The van der Waals surface area contributed by atoms with E-state index in [2.05, 4.69) is 52.6 Å². The molecular formula is C33H34FN9O. The van der Waals surface area contributed by atoms with Gasteiger partial charge in [0.2, 0.25) is 5.91 Å². The highest BCUT2D eigenvalue weighted by Gasteiger charge is 2.16. The minimum atomic E-state index is -0.312. The minimum absolute atomic E-state index is 0.0341. The number of nitrogens with zero attached hydrogens (tertiary/aromatic N) is 5. The highest BCUT2D eigenvalue weighted by Crippen LogP contribution is 2.35. The molecule has 0 radical (unpaired) electrons. The Balaban J connectivity index is 1.33. The molecule has 0 saturated heterocycles. The fourth-order valence-electron chi connectivity index (χ4n) is 5.17. The van der Waals surface area contributed by atoms with Crippen molar-refractivity contribution in [1.29, 1.82) is 0 Å². The zero-order valence-electron chi connectivity index (χ0n) is 24.9. The van der Waals surface area contributed by atoms with Gasteiger partial charge in [-0.25, -0.2) is 9.37 Å². The van der Waals surface area contributed by atoms with E-state index in [0.29, 0.717) is 35.7 Å². The number of hydrogen-bond acceptors (Lipinski definition) is 7. The molecule has 0 atom stereocenters. The van der Waals surface area contributed by atoms with Crippen molar-refractivity contribution in [2.45, 2.75) is 26.2 Å². The normalized spacial score (nSPS) is 11.5. The molecule has 6 rings (SSSR count). The van der Waals surface area contributed by atoms with Gasteiger partial charge in [-0.1, -0.05) is 13.3 Å². The van der Waals surface area contributed by atoms with Crippen LogP contribution in [0.15, 0.2) is 67.3 Å². The molecule has 44 heavy (non-hydrogen) atoms. The van der Waals surface area contributed by atoms with E-state index in [0.717, 1.165) is 63.7 Å². The van der Waals surface area contributed by atoms with Gasteiger partial charge >= 0.3 is 0 Å². The van der Waals surface area contributed by atoms with Crippen LogP contribution in [0, 0.1) is 5.82 Å². The lowest BCUT2D eigenvalue weighted by Crippen LogP contribution is -2.20. The number of nitrogens with one attached hydrogen (secondary N) is 4. The van der Waals surface area contributed by atoms with Crippen molar-refractivity contribution in [1.82, 2.24) is 35.0 Å². The number of carbonyl (C=O) groups is 1. The van der Waals surface area contributed by atoms with Gasteiger partial charge in [0.15, 0.2) is 0 Å². The number of aromatic nitrogens is 6. The first-order valence-corrected chi connectivity index (χ1v) is 14.6. The monoisotopic (exact) mass is 591 g/mol. The molecule has 0 spiro atoms. The van der Waals surface area contributed by atoms with Crippen molar-refractivity contribution in [3.63, 3.8) is 0 Å². The standard InChI is InChI=1S/C33H34FN9O/c1-4-5-6-31(44)39-24-13-21(17-35-18-24)28-16-27-30(19-38-28)41-42-32(27)29-15-26-25(7-8-37-33(26)40-29)20-11-22(34)14-23(12-20)36-9-10-43(2)3/h7-8,11-19,36H,4-6,9-10H2,1-3H3,(H,37,40)(H,39,44)(H,41,42). The Morgan fingerprint density at radius 1 is 0.977 bits per heavy atom. The number of benzene rings is 1. The van der Waals surface area contributed by atoms with E-state index in [1.54, 1.807) is 24.8 Å². The van der Waals surface area contributed by atoms with Crippen LogP contribution in [0.5, 0.6) is 0 Å². The van der Waals surface area contributed by atoms with Gasteiger partial charge in [0.25, 0.3) is 0 Å². The van der Waals surface area contributed by atoms with Crippen LogP contribution in [-0.4, -0.2) is 68.1 Å². The van der Waals surface area contributed by atoms with Crippen LogP contribution in [0.2, 0.25) is 0 Å². The number of carbonyl (C=O) groups excluding carboxylic acids is 1. The van der Waals surface area contributed by atoms with Crippen molar-refractivity contribution in [2.24, 2.45) is 0 Å². The van der Waals surface area contributed by atoms with Crippen LogP contribution >= 0.6 is 0 Å². The zero-order valence-corrected chi connectivity index (χ0v) is 24.9. The lowest BCUT2D eigenvalue weighted by molar-refractivity contribution is -0.116. The Hall–Kier alpha value is -5.16. The first-order valence-electron chi connectivity index (χ1n) is 14.6. The summed E-state index contributed by atoms with van der Waals surface area (Å²) >= 11 is 0. The molecule has 0 aliphatic heterocycles. The van der Waals surface area contributed by atoms with Crippen molar-refractivity contribution in [3.8, 4) is 33.8 Å². The van der Waals surface area contributed by atoms with E-state index in [4.69, 9.17) is 0 Å². The SMILES string of the molecule is CCCCC(=O)Nc1cncc(-c2cc3c(-c4cc5c(-c6cc(F)cc(NCCN(C)C)c6)ccnc5[nH]4)n[nH]c3cn2)c1. The molecule has 5 heterocycles. The number of fused-ring (bicyclic) bond motifs is 2. The molecule has 1 amide bonds. The molecule has 5 aromatic heterocycles. The van der Waals surface area contributed by atoms with Crippen LogP contribution in [-0.2, 0) is 4.79 Å². The van der Waals surface area contributed by atoms with E-state index >= 15 is 0 Å². The van der Waals surface area contributed by atoms with E-state index < -0.39 is 0 Å². The van der Waals surface area contributed by atoms with Crippen LogP contribution in [0.1, 0.15) is 26.2 Å². The maximum atomic E-state index is 14.7. The van der Waals surface area contributed by atoms with Crippen LogP contribution in [0.25, 0.3) is 55.7 Å². The quantitative estimate of drug-likeness (QED) is 0.136. The Bertz CT molecular complexity index is 1950. The van der Waals surface area contributed by atoms with E-state index in [1.165, 1.54) is 12.1 Å². The van der Waals surface area contributed by atoms with Gasteiger partial charge in [-0.15, -0.1) is 0 Å². The highest BCUT2D eigenvalue weighted by molar-refractivity contribution is 6.00. The number of unbranched alkanes of at least 4 members (excludes halogenated alkanes) is 1. The lowest BCUT2D eigenvalue weighted by atomic mass is 10.0. The average molecular weight is 592 g/mol. The summed E-state index contributed by atoms with van der Waals surface area (Å²) in [5, 5.41) is 15.6. The van der Waals surface area contributed by atoms with Crippen LogP contribution in [0.3, 0.4) is 0 Å². The van der Waals surface area contributed by atoms with Crippen LogP contribution in [0.4, 0.5) is 15.8 Å². The highest BCUT2D eigenvalue weighted by atomic mass is 19.1. The number of likely N-dealkylation sites (N-methyl/N-ethyl adjacent to an activating group) is 1. The second-order valence-corrected chi connectivity index (χ2v) is 11.1. The lowest BCUT2D eigenvalue weighted by Gasteiger charge is -2.13. The molecule has 0 unspecified atom stereocenters. The van der Waals surface area contributed by atoms with Gasteiger partial charge in [0, 0.05) is 53.9 Å². The molecule has 0 aliphatic carbocycles. The van der Waals surface area contributed by atoms with Crippen molar-refractivity contribution in [2.75, 3.05) is 37.8 Å². The Kier molecular flexibility index (Phi) is 8.29. The number of rotatable bonds is 11. The first-order chi connectivity index (χ1) is 21.4. The fraction of sp³-hybridized carbons (Fsp3) is 0.242. The van der Waals surface area contributed by atoms with Crippen molar-refractivity contribution >= 4 is 39.2 Å². The summed E-state index contributed by atoms with van der Waals surface area (Å²) < 4.78 is 14.7. The molecule has 6 aromatic rings. The predicted molar refractivity (Wildman–Crippen MR) is 173 cm³/mol. The van der Waals surface area contributed by atoms with E-state index in [1.807, 2.05) is 44.4 Å². The average Bonchev–Trinajstić information content (AvgIpc) is 3.63. The molecule has 0 fully saturated rings. The van der Waals surface area contributed by atoms with Gasteiger partial charge in [0.05, 0.1) is 35.0 Å². The number of H-pyrrole nitrogens is 2. The van der Waals surface area contributed by atoms with Gasteiger partial charge < -0.3 is 20.5 Å². The van der Waals surface area contributed by atoms with Gasteiger partial charge in [-0.05, 0) is 74.1 Å². The summed E-state index contributed by atoms with van der Waals surface area (Å²) in [7, 11) is 4.00. The molecular weight excluding hydrogens is 557 g/mol. The second-order valence-electron chi connectivity index (χ2n) is 11.1. The maximum Gasteiger partial charge on any atom is 0.224 e. The number of aromatic amines is 2. The summed E-state index contributed by atoms with van der Waals surface area (Å²) in [5.41, 5.74) is 7.34. The smallest absolute Gasteiger partial charge is 0.224 e. The molecule has 11 heteroatoms. The molecule has 10 nitrogen and oxygen atoms in total. The number of hydrogen-bond donors (Lipinski definition) is 4. The summed E-state index contributed by atoms with van der Waals surface area (Å²) in [4.78, 5) is 31.2. The molecule has 0 bridgehead atoms. The van der Waals surface area contributed by atoms with Gasteiger partial charge in [-0.2, -0.15) is 5.10 Å². The molecule has 4 N–H and O–H groups in total. The predicted octanol–water partition coefficient (Wildman–Crippen LogP) is 6.47. The maximum absolute atomic E-state index is 14.7. The minimum Gasteiger partial charge on any atom is -0.384 e. The summed E-state index contributed by atoms with van der Waals surface area (Å²) in [5.74, 6) is -0.346. The van der Waals surface area contributed by atoms with E-state index in [-0.39, 0.29) is 11.7 Å². The molecule has 0 saturated carbocycles. The Labute approximate surface area is 254 Å². The summed E-state index contributed by atoms with van der Waals surface area (Å²) in [6.07, 6.45) is 9.06. The largest absolute Gasteiger partial charge is 0.384 e. The fourth-order valence-corrected chi connectivity index (χ4v) is 5.17. The van der Waals surface area contributed by atoms with Crippen molar-refractivity contribution in [3.05, 3.63) is 73.1 Å². The topological polar surface area (TPSA) is 128 Å². The van der Waals surface area contributed by atoms with Gasteiger partial charge in [-0.3, -0.25) is 19.9 Å². The van der Waals surface area contributed by atoms with Crippen molar-refractivity contribution < 1.29 is 9.18 Å². The summed E-state index contributed by atoms with van der Waals surface area (Å²) in [6, 6.07) is 12.7. The molecule has 0 aliphatic rings. The molecule has 224 valence electrons. The third-order valence-electron chi connectivity index (χ3n) is 7.41. The third kappa shape index (κ3) is 6.28. The second kappa shape index (κ2) is 12.6. The third-order valence-corrected chi connectivity index (χ3v) is 7.41. The number of halogens is 1. The van der Waals surface area contributed by atoms with Crippen LogP contribution < -0.4 is 10.6 Å². The number of anilines is 2. The van der Waals surface area contributed by atoms with E-state index in [9.17, 15) is 9.18 Å².